The van der Waals surface area contributed by atoms with E-state index in [1.165, 1.54) is 30.9 Å². The molecular formula is C48H30FN3S. The third-order valence-electron chi connectivity index (χ3n) is 10.5. The smallest absolute Gasteiger partial charge is 0.123 e. The molecule has 3 nitrogen and oxygen atoms in total. The monoisotopic (exact) mass is 699 g/mol. The summed E-state index contributed by atoms with van der Waals surface area (Å²) in [5.74, 6) is -0.251. The Bertz CT molecular complexity index is 3190. The van der Waals surface area contributed by atoms with Gasteiger partial charge in [-0.05, 0) is 78.9 Å². The van der Waals surface area contributed by atoms with Gasteiger partial charge in [0.2, 0.25) is 0 Å². The van der Waals surface area contributed by atoms with Crippen molar-refractivity contribution in [2.24, 2.45) is 0 Å². The summed E-state index contributed by atoms with van der Waals surface area (Å²) in [7, 11) is 0. The molecule has 0 saturated heterocycles. The number of benzene rings is 8. The number of thiophene rings is 1. The standard InChI is InChI=1S/C48H30FN3S/c49-31-25-28-42-40(29-31)39-20-12-23-44(48(39)52(42)33-15-5-2-6-16-33)50(34-26-27-37-36-18-8-10-24-45(36)53-46(37)30-34)43-22-11-19-38-35-17-7-9-21-41(35)51(47(38)43)32-13-3-1-4-14-32/h1-30H. The van der Waals surface area contributed by atoms with Gasteiger partial charge >= 0.3 is 0 Å². The quantitative estimate of drug-likeness (QED) is 0.174. The maximum Gasteiger partial charge on any atom is 0.123 e. The summed E-state index contributed by atoms with van der Waals surface area (Å²) in [6.07, 6.45) is 0. The first kappa shape index (κ1) is 30.0. The van der Waals surface area contributed by atoms with Gasteiger partial charge in [-0.2, -0.15) is 0 Å². The van der Waals surface area contributed by atoms with Gasteiger partial charge in [0.15, 0.2) is 0 Å². The molecule has 0 aliphatic rings. The van der Waals surface area contributed by atoms with Gasteiger partial charge in [-0.3, -0.25) is 0 Å². The van der Waals surface area contributed by atoms with Crippen LogP contribution in [0.25, 0.3) is 75.2 Å². The van der Waals surface area contributed by atoms with Crippen LogP contribution in [0, 0.1) is 5.82 Å². The molecule has 8 aromatic carbocycles. The van der Waals surface area contributed by atoms with Gasteiger partial charge in [0.05, 0.1) is 33.4 Å². The van der Waals surface area contributed by atoms with E-state index in [4.69, 9.17) is 0 Å². The summed E-state index contributed by atoms with van der Waals surface area (Å²) in [6.45, 7) is 0. The molecular weight excluding hydrogens is 670 g/mol. The predicted octanol–water partition coefficient (Wildman–Crippen LogP) is 13.9. The zero-order valence-electron chi connectivity index (χ0n) is 28.4. The molecule has 0 atom stereocenters. The van der Waals surface area contributed by atoms with Crippen molar-refractivity contribution in [2.75, 3.05) is 4.90 Å². The zero-order chi connectivity index (χ0) is 35.0. The highest BCUT2D eigenvalue weighted by molar-refractivity contribution is 7.25. The third-order valence-corrected chi connectivity index (χ3v) is 11.7. The van der Waals surface area contributed by atoms with Crippen molar-refractivity contribution in [1.82, 2.24) is 9.13 Å². The minimum atomic E-state index is -0.251. The summed E-state index contributed by atoms with van der Waals surface area (Å²) in [4.78, 5) is 2.42. The van der Waals surface area contributed by atoms with E-state index >= 15 is 4.39 Å². The Morgan fingerprint density at radius 1 is 0.396 bits per heavy atom. The molecule has 0 radical (unpaired) electrons. The zero-order valence-corrected chi connectivity index (χ0v) is 29.3. The second-order valence-corrected chi connectivity index (χ2v) is 14.6. The Balaban J connectivity index is 1.31. The Morgan fingerprint density at radius 2 is 0.943 bits per heavy atom. The van der Waals surface area contributed by atoms with Crippen LogP contribution in [0.4, 0.5) is 21.5 Å². The lowest BCUT2D eigenvalue weighted by atomic mass is 10.1. The molecule has 0 aliphatic carbocycles. The fraction of sp³-hybridized carbons (Fsp3) is 0. The van der Waals surface area contributed by atoms with Crippen LogP contribution >= 0.6 is 11.3 Å². The molecule has 5 heteroatoms. The normalized spacial score (nSPS) is 11.9. The van der Waals surface area contributed by atoms with Crippen LogP contribution in [0.2, 0.25) is 0 Å². The molecule has 0 amide bonds. The van der Waals surface area contributed by atoms with Crippen LogP contribution in [0.3, 0.4) is 0 Å². The molecule has 11 aromatic rings. The van der Waals surface area contributed by atoms with Crippen molar-refractivity contribution in [2.45, 2.75) is 0 Å². The van der Waals surface area contributed by atoms with Crippen LogP contribution in [0.1, 0.15) is 0 Å². The van der Waals surface area contributed by atoms with Crippen LogP contribution < -0.4 is 4.90 Å². The van der Waals surface area contributed by atoms with Crippen molar-refractivity contribution in [3.8, 4) is 11.4 Å². The molecule has 11 rings (SSSR count). The average Bonchev–Trinajstić information content (AvgIpc) is 3.87. The summed E-state index contributed by atoms with van der Waals surface area (Å²) in [6, 6.07) is 63.4. The Labute approximate surface area is 308 Å². The molecule has 3 aromatic heterocycles. The van der Waals surface area contributed by atoms with E-state index in [0.717, 1.165) is 61.3 Å². The van der Waals surface area contributed by atoms with E-state index in [0.29, 0.717) is 0 Å². The van der Waals surface area contributed by atoms with Gasteiger partial charge in [0, 0.05) is 58.8 Å². The van der Waals surface area contributed by atoms with Gasteiger partial charge in [-0.1, -0.05) is 103 Å². The highest BCUT2D eigenvalue weighted by Gasteiger charge is 2.26. The van der Waals surface area contributed by atoms with E-state index in [1.807, 2.05) is 23.5 Å². The van der Waals surface area contributed by atoms with Crippen molar-refractivity contribution in [1.29, 1.82) is 0 Å². The molecule has 0 bridgehead atoms. The third kappa shape index (κ3) is 4.51. The number of hydrogen-bond donors (Lipinski definition) is 0. The molecule has 0 aliphatic heterocycles. The number of hydrogen-bond acceptors (Lipinski definition) is 2. The van der Waals surface area contributed by atoms with Gasteiger partial charge in [-0.15, -0.1) is 11.3 Å². The number of fused-ring (bicyclic) bond motifs is 9. The second kappa shape index (κ2) is 11.7. The largest absolute Gasteiger partial charge is 0.307 e. The molecule has 0 spiro atoms. The molecule has 0 N–H and O–H groups in total. The number of nitrogens with zero attached hydrogens (tertiary/aromatic N) is 3. The van der Waals surface area contributed by atoms with E-state index in [9.17, 15) is 0 Å². The van der Waals surface area contributed by atoms with E-state index in [-0.39, 0.29) is 5.82 Å². The molecule has 0 fully saturated rings. The fourth-order valence-electron chi connectivity index (χ4n) is 8.34. The fourth-order valence-corrected chi connectivity index (χ4v) is 9.48. The number of anilines is 3. The van der Waals surface area contributed by atoms with Crippen LogP contribution in [0.15, 0.2) is 182 Å². The van der Waals surface area contributed by atoms with Gasteiger partial charge in [0.25, 0.3) is 0 Å². The number of rotatable bonds is 5. The SMILES string of the molecule is Fc1ccc2c(c1)c1cccc(N(c3ccc4c(c3)sc3ccccc34)c3cccc4c5ccccc5n(-c5ccccc5)c34)c1n2-c1ccccc1. The van der Waals surface area contributed by atoms with E-state index in [1.54, 1.807) is 12.1 Å². The lowest BCUT2D eigenvalue weighted by molar-refractivity contribution is 0.629. The van der Waals surface area contributed by atoms with Crippen molar-refractivity contribution in [3.63, 3.8) is 0 Å². The molecule has 0 saturated carbocycles. The van der Waals surface area contributed by atoms with Gasteiger partial charge in [-0.25, -0.2) is 4.39 Å². The first-order valence-electron chi connectivity index (χ1n) is 17.8. The first-order valence-corrected chi connectivity index (χ1v) is 18.6. The molecule has 250 valence electrons. The Morgan fingerprint density at radius 3 is 1.64 bits per heavy atom. The van der Waals surface area contributed by atoms with Crippen molar-refractivity contribution >= 4 is 92.2 Å². The topological polar surface area (TPSA) is 13.1 Å². The summed E-state index contributed by atoms with van der Waals surface area (Å²) < 4.78 is 22.2. The number of halogens is 1. The highest BCUT2D eigenvalue weighted by atomic mass is 32.1. The Kier molecular flexibility index (Phi) is 6.60. The predicted molar refractivity (Wildman–Crippen MR) is 223 cm³/mol. The minimum Gasteiger partial charge on any atom is -0.307 e. The lowest BCUT2D eigenvalue weighted by Gasteiger charge is -2.28. The summed E-state index contributed by atoms with van der Waals surface area (Å²) in [5.41, 5.74) is 9.43. The van der Waals surface area contributed by atoms with Crippen molar-refractivity contribution in [3.05, 3.63) is 188 Å². The average molecular weight is 700 g/mol. The maximum absolute atomic E-state index is 15.1. The Hall–Kier alpha value is -6.69. The number of aromatic nitrogens is 2. The molecule has 3 heterocycles. The molecule has 53 heavy (non-hydrogen) atoms. The van der Waals surface area contributed by atoms with Crippen LogP contribution in [-0.2, 0) is 0 Å². The second-order valence-electron chi connectivity index (χ2n) is 13.5. The van der Waals surface area contributed by atoms with E-state index in [2.05, 4.69) is 172 Å². The summed E-state index contributed by atoms with van der Waals surface area (Å²) >= 11 is 1.82. The van der Waals surface area contributed by atoms with Crippen molar-refractivity contribution < 1.29 is 4.39 Å². The summed E-state index contributed by atoms with van der Waals surface area (Å²) in [5, 5.41) is 6.75. The lowest BCUT2D eigenvalue weighted by Crippen LogP contribution is -2.13. The van der Waals surface area contributed by atoms with Gasteiger partial charge < -0.3 is 14.0 Å². The molecule has 0 unspecified atom stereocenters. The van der Waals surface area contributed by atoms with Crippen LogP contribution in [-0.4, -0.2) is 9.13 Å². The minimum absolute atomic E-state index is 0.251. The first-order chi connectivity index (χ1) is 26.2. The highest BCUT2D eigenvalue weighted by Crippen LogP contribution is 2.48. The van der Waals surface area contributed by atoms with Gasteiger partial charge in [0.1, 0.15) is 5.82 Å². The maximum atomic E-state index is 15.1. The van der Waals surface area contributed by atoms with Crippen LogP contribution in [0.5, 0.6) is 0 Å². The number of para-hydroxylation sites is 5. The van der Waals surface area contributed by atoms with E-state index < -0.39 is 0 Å².